The molecule has 1 rings (SSSR count). The predicted octanol–water partition coefficient (Wildman–Crippen LogP) is 2.15. The highest BCUT2D eigenvalue weighted by Gasteiger charge is 2.21. The summed E-state index contributed by atoms with van der Waals surface area (Å²) in [5.41, 5.74) is 8.02. The SMILES string of the molecule is Cc1cc(Br)c(O)c(C(O)C(C)N)c1C. The average molecular weight is 274 g/mol. The van der Waals surface area contributed by atoms with Crippen molar-refractivity contribution in [3.63, 3.8) is 0 Å². The number of phenolic OH excluding ortho intramolecular Hbond substituents is 1. The van der Waals surface area contributed by atoms with E-state index in [-0.39, 0.29) is 5.75 Å². The molecule has 4 heteroatoms. The van der Waals surface area contributed by atoms with E-state index in [2.05, 4.69) is 15.9 Å². The Balaban J connectivity index is 3.39. The Morgan fingerprint density at radius 3 is 2.40 bits per heavy atom. The number of phenols is 1. The van der Waals surface area contributed by atoms with Gasteiger partial charge < -0.3 is 15.9 Å². The van der Waals surface area contributed by atoms with Crippen molar-refractivity contribution >= 4 is 15.9 Å². The van der Waals surface area contributed by atoms with Crippen LogP contribution in [0.5, 0.6) is 5.75 Å². The zero-order valence-corrected chi connectivity index (χ0v) is 10.7. The van der Waals surface area contributed by atoms with Gasteiger partial charge in [0.15, 0.2) is 0 Å². The van der Waals surface area contributed by atoms with E-state index in [0.717, 1.165) is 11.1 Å². The van der Waals surface area contributed by atoms with E-state index in [1.54, 1.807) is 6.92 Å². The number of aliphatic hydroxyl groups is 1. The zero-order valence-electron chi connectivity index (χ0n) is 9.08. The van der Waals surface area contributed by atoms with Gasteiger partial charge in [0.2, 0.25) is 0 Å². The van der Waals surface area contributed by atoms with Gasteiger partial charge in [-0.1, -0.05) is 0 Å². The average Bonchev–Trinajstić information content (AvgIpc) is 2.15. The molecule has 1 aromatic rings. The van der Waals surface area contributed by atoms with Crippen molar-refractivity contribution < 1.29 is 10.2 Å². The maximum absolute atomic E-state index is 9.90. The molecule has 0 aliphatic rings. The fraction of sp³-hybridized carbons (Fsp3) is 0.455. The molecule has 0 fully saturated rings. The predicted molar refractivity (Wildman–Crippen MR) is 63.9 cm³/mol. The molecule has 0 bridgehead atoms. The second-order valence-electron chi connectivity index (χ2n) is 3.87. The fourth-order valence-electron chi connectivity index (χ4n) is 1.51. The Bertz CT molecular complexity index is 351. The summed E-state index contributed by atoms with van der Waals surface area (Å²) in [6, 6.07) is 1.41. The lowest BCUT2D eigenvalue weighted by Crippen LogP contribution is -2.25. The van der Waals surface area contributed by atoms with Gasteiger partial charge in [-0.3, -0.25) is 0 Å². The third-order valence-electron chi connectivity index (χ3n) is 2.61. The largest absolute Gasteiger partial charge is 0.506 e. The Hall–Kier alpha value is -0.580. The van der Waals surface area contributed by atoms with Crippen LogP contribution in [0.1, 0.15) is 29.7 Å². The van der Waals surface area contributed by atoms with Crippen molar-refractivity contribution in [3.8, 4) is 5.75 Å². The number of nitrogens with two attached hydrogens (primary N) is 1. The smallest absolute Gasteiger partial charge is 0.135 e. The second-order valence-corrected chi connectivity index (χ2v) is 4.72. The number of rotatable bonds is 2. The Kier molecular flexibility index (Phi) is 3.76. The lowest BCUT2D eigenvalue weighted by atomic mass is 9.95. The first-order valence-corrected chi connectivity index (χ1v) is 5.57. The summed E-state index contributed by atoms with van der Waals surface area (Å²) in [6.07, 6.45) is -0.846. The summed E-state index contributed by atoms with van der Waals surface area (Å²) >= 11 is 3.25. The third kappa shape index (κ3) is 2.33. The summed E-state index contributed by atoms with van der Waals surface area (Å²) in [6.45, 7) is 5.50. The highest BCUT2D eigenvalue weighted by molar-refractivity contribution is 9.10. The van der Waals surface area contributed by atoms with E-state index in [9.17, 15) is 10.2 Å². The van der Waals surface area contributed by atoms with Gasteiger partial charge >= 0.3 is 0 Å². The number of benzene rings is 1. The van der Waals surface area contributed by atoms with E-state index in [1.807, 2.05) is 19.9 Å². The minimum Gasteiger partial charge on any atom is -0.506 e. The van der Waals surface area contributed by atoms with Crippen LogP contribution in [0.2, 0.25) is 0 Å². The highest BCUT2D eigenvalue weighted by atomic mass is 79.9. The molecule has 0 saturated heterocycles. The summed E-state index contributed by atoms with van der Waals surface area (Å²) in [5.74, 6) is 0.0721. The van der Waals surface area contributed by atoms with Gasteiger partial charge in [0, 0.05) is 11.6 Å². The van der Waals surface area contributed by atoms with Gasteiger partial charge in [-0.15, -0.1) is 0 Å². The van der Waals surface area contributed by atoms with Crippen LogP contribution in [-0.4, -0.2) is 16.3 Å². The molecule has 0 aliphatic heterocycles. The number of aromatic hydroxyl groups is 1. The van der Waals surface area contributed by atoms with Gasteiger partial charge in [-0.2, -0.15) is 0 Å². The van der Waals surface area contributed by atoms with E-state index >= 15 is 0 Å². The van der Waals surface area contributed by atoms with E-state index < -0.39 is 12.1 Å². The quantitative estimate of drug-likeness (QED) is 0.774. The summed E-state index contributed by atoms with van der Waals surface area (Å²) < 4.78 is 0.584. The maximum Gasteiger partial charge on any atom is 0.135 e. The molecule has 84 valence electrons. The molecule has 1 aromatic carbocycles. The highest BCUT2D eigenvalue weighted by Crippen LogP contribution is 2.37. The van der Waals surface area contributed by atoms with Crippen molar-refractivity contribution in [1.29, 1.82) is 0 Å². The molecule has 3 nitrogen and oxygen atoms in total. The second kappa shape index (κ2) is 4.51. The third-order valence-corrected chi connectivity index (χ3v) is 3.22. The monoisotopic (exact) mass is 273 g/mol. The molecule has 4 N–H and O–H groups in total. The zero-order chi connectivity index (χ0) is 11.7. The molecule has 0 spiro atoms. The van der Waals surface area contributed by atoms with Crippen LogP contribution < -0.4 is 5.73 Å². The van der Waals surface area contributed by atoms with Crippen molar-refractivity contribution in [2.24, 2.45) is 5.73 Å². The lowest BCUT2D eigenvalue weighted by Gasteiger charge is -2.20. The molecule has 15 heavy (non-hydrogen) atoms. The number of hydrogen-bond acceptors (Lipinski definition) is 3. The van der Waals surface area contributed by atoms with Crippen molar-refractivity contribution in [1.82, 2.24) is 0 Å². The topological polar surface area (TPSA) is 66.5 Å². The minimum atomic E-state index is -0.846. The Labute approximate surface area is 98.1 Å². The van der Waals surface area contributed by atoms with Gasteiger partial charge in [-0.25, -0.2) is 0 Å². The van der Waals surface area contributed by atoms with Crippen LogP contribution in [0, 0.1) is 13.8 Å². The van der Waals surface area contributed by atoms with Gasteiger partial charge in [0.25, 0.3) is 0 Å². The van der Waals surface area contributed by atoms with Gasteiger partial charge in [-0.05, 0) is 53.9 Å². The first kappa shape index (κ1) is 12.5. The standard InChI is InChI=1S/C11H16BrNO2/c1-5-4-8(12)11(15)9(6(5)2)10(14)7(3)13/h4,7,10,14-15H,13H2,1-3H3. The minimum absolute atomic E-state index is 0.0721. The van der Waals surface area contributed by atoms with E-state index in [1.165, 1.54) is 0 Å². The van der Waals surface area contributed by atoms with Crippen LogP contribution in [0.25, 0.3) is 0 Å². The number of halogens is 1. The summed E-state index contributed by atoms with van der Waals surface area (Å²) in [4.78, 5) is 0. The van der Waals surface area contributed by atoms with Crippen molar-refractivity contribution in [3.05, 3.63) is 27.2 Å². The van der Waals surface area contributed by atoms with Gasteiger partial charge in [0.1, 0.15) is 5.75 Å². The van der Waals surface area contributed by atoms with Crippen LogP contribution >= 0.6 is 15.9 Å². The summed E-state index contributed by atoms with van der Waals surface area (Å²) in [7, 11) is 0. The molecule has 2 atom stereocenters. The molecular formula is C11H16BrNO2. The Morgan fingerprint density at radius 2 is 1.93 bits per heavy atom. The molecule has 2 unspecified atom stereocenters. The van der Waals surface area contributed by atoms with Crippen LogP contribution in [-0.2, 0) is 0 Å². The maximum atomic E-state index is 9.90. The van der Waals surface area contributed by atoms with E-state index in [0.29, 0.717) is 10.0 Å². The lowest BCUT2D eigenvalue weighted by molar-refractivity contribution is 0.149. The number of aryl methyl sites for hydroxylation is 1. The molecule has 0 saturated carbocycles. The molecular weight excluding hydrogens is 258 g/mol. The summed E-state index contributed by atoms with van der Waals surface area (Å²) in [5, 5.41) is 19.8. The molecule has 0 aliphatic carbocycles. The van der Waals surface area contributed by atoms with Crippen molar-refractivity contribution in [2.45, 2.75) is 32.9 Å². The molecule has 0 aromatic heterocycles. The normalized spacial score (nSPS) is 15.1. The van der Waals surface area contributed by atoms with E-state index in [4.69, 9.17) is 5.73 Å². The number of hydrogen-bond donors (Lipinski definition) is 3. The Morgan fingerprint density at radius 1 is 1.40 bits per heavy atom. The van der Waals surface area contributed by atoms with Gasteiger partial charge in [0.05, 0.1) is 10.6 Å². The van der Waals surface area contributed by atoms with Crippen LogP contribution in [0.3, 0.4) is 0 Å². The molecule has 0 heterocycles. The first-order chi connectivity index (χ1) is 6.86. The molecule has 0 radical (unpaired) electrons. The van der Waals surface area contributed by atoms with Crippen LogP contribution in [0.15, 0.2) is 10.5 Å². The van der Waals surface area contributed by atoms with Crippen molar-refractivity contribution in [2.75, 3.05) is 0 Å². The molecule has 0 amide bonds. The number of aliphatic hydroxyl groups excluding tert-OH is 1. The van der Waals surface area contributed by atoms with Crippen LogP contribution in [0.4, 0.5) is 0 Å². The first-order valence-electron chi connectivity index (χ1n) is 4.78. The fourth-order valence-corrected chi connectivity index (χ4v) is 2.07.